The summed E-state index contributed by atoms with van der Waals surface area (Å²) in [4.78, 5) is 45.2. The van der Waals surface area contributed by atoms with Crippen LogP contribution in [-0.2, 0) is 13.0 Å². The minimum atomic E-state index is -0.239. The highest BCUT2D eigenvalue weighted by atomic mass is 16.1. The Morgan fingerprint density at radius 3 is 2.62 bits per heavy atom. The molecule has 10 heteroatoms. The van der Waals surface area contributed by atoms with Crippen molar-refractivity contribution in [1.29, 1.82) is 0 Å². The first-order valence-corrected chi connectivity index (χ1v) is 14.3. The predicted octanol–water partition coefficient (Wildman–Crippen LogP) is 2.82. The van der Waals surface area contributed by atoms with Gasteiger partial charge in [-0.2, -0.15) is 4.98 Å². The van der Waals surface area contributed by atoms with E-state index in [1.54, 1.807) is 10.8 Å². The average Bonchev–Trinajstić information content (AvgIpc) is 3.46. The molecule has 2 aliphatic heterocycles. The van der Waals surface area contributed by atoms with Crippen LogP contribution in [0.4, 0.5) is 11.8 Å². The van der Waals surface area contributed by atoms with E-state index in [1.807, 2.05) is 13.0 Å². The van der Waals surface area contributed by atoms with Gasteiger partial charge in [-0.25, -0.2) is 9.97 Å². The Labute approximate surface area is 228 Å². The molecule has 3 aliphatic rings. The Bertz CT molecular complexity index is 1440. The minimum Gasteiger partial charge on any atom is -0.314 e. The number of hydrogen-bond acceptors (Lipinski definition) is 9. The van der Waals surface area contributed by atoms with E-state index in [2.05, 4.69) is 31.5 Å². The third-order valence-electron chi connectivity index (χ3n) is 8.57. The molecule has 206 valence electrons. The second-order valence-corrected chi connectivity index (χ2v) is 11.1. The van der Waals surface area contributed by atoms with Crippen molar-refractivity contribution in [2.75, 3.05) is 51.1 Å². The summed E-state index contributed by atoms with van der Waals surface area (Å²) < 4.78 is 1.75. The van der Waals surface area contributed by atoms with E-state index < -0.39 is 0 Å². The fraction of sp³-hybridized carbons (Fsp3) is 0.552. The number of Topliss-reactive ketones (excluding diaryl/α,β-unsaturated/α-hetero) is 1. The Kier molecular flexibility index (Phi) is 7.42. The molecule has 39 heavy (non-hydrogen) atoms. The Morgan fingerprint density at radius 1 is 1.08 bits per heavy atom. The molecule has 0 bridgehead atoms. The summed E-state index contributed by atoms with van der Waals surface area (Å²) >= 11 is 0. The van der Waals surface area contributed by atoms with Crippen LogP contribution in [0.25, 0.3) is 11.0 Å². The van der Waals surface area contributed by atoms with Crippen LogP contribution in [-0.4, -0.2) is 80.9 Å². The first-order valence-electron chi connectivity index (χ1n) is 14.3. The molecule has 0 atom stereocenters. The van der Waals surface area contributed by atoms with Crippen LogP contribution in [0, 0.1) is 6.92 Å². The lowest BCUT2D eigenvalue weighted by Crippen LogP contribution is -2.46. The van der Waals surface area contributed by atoms with Crippen LogP contribution in [0.3, 0.4) is 0 Å². The van der Waals surface area contributed by atoms with E-state index in [4.69, 9.17) is 9.97 Å². The van der Waals surface area contributed by atoms with Gasteiger partial charge in [0.15, 0.2) is 5.78 Å². The molecule has 6 rings (SSSR count). The number of hydrogen-bond donors (Lipinski definition) is 2. The topological polar surface area (TPSA) is 108 Å². The highest BCUT2D eigenvalue weighted by Crippen LogP contribution is 2.32. The average molecular weight is 531 g/mol. The maximum atomic E-state index is 13.5. The number of rotatable bonds is 7. The van der Waals surface area contributed by atoms with Crippen molar-refractivity contribution in [3.05, 3.63) is 51.1 Å². The van der Waals surface area contributed by atoms with Crippen LogP contribution in [0.2, 0.25) is 0 Å². The van der Waals surface area contributed by atoms with Gasteiger partial charge in [0.2, 0.25) is 5.95 Å². The molecule has 2 N–H and O–H groups in total. The smallest absolute Gasteiger partial charge is 0.263 e. The molecular formula is C29H38N8O2. The summed E-state index contributed by atoms with van der Waals surface area (Å²) in [5, 5.41) is 7.45. The zero-order chi connectivity index (χ0) is 26.9. The Balaban J connectivity index is 1.25. The maximum absolute atomic E-state index is 13.5. The van der Waals surface area contributed by atoms with Gasteiger partial charge in [0.05, 0.1) is 11.3 Å². The van der Waals surface area contributed by atoms with Crippen molar-refractivity contribution in [2.24, 2.45) is 0 Å². The van der Waals surface area contributed by atoms with Gasteiger partial charge in [-0.1, -0.05) is 18.9 Å². The summed E-state index contributed by atoms with van der Waals surface area (Å²) in [7, 11) is 0. The van der Waals surface area contributed by atoms with E-state index in [0.717, 1.165) is 95.5 Å². The Morgan fingerprint density at radius 2 is 1.85 bits per heavy atom. The summed E-state index contributed by atoms with van der Waals surface area (Å²) in [6.45, 7) is 11.7. The normalized spacial score (nSPS) is 18.9. The first-order chi connectivity index (χ1) is 19.0. The third-order valence-corrected chi connectivity index (χ3v) is 8.57. The molecule has 0 aromatic carbocycles. The quantitative estimate of drug-likeness (QED) is 0.446. The molecule has 3 aromatic heterocycles. The van der Waals surface area contributed by atoms with Crippen LogP contribution in [0.5, 0.6) is 0 Å². The van der Waals surface area contributed by atoms with Crippen molar-refractivity contribution in [2.45, 2.75) is 58.5 Å². The van der Waals surface area contributed by atoms with Gasteiger partial charge in [0.1, 0.15) is 11.5 Å². The standard InChI is InChI=1S/C29H38N8O2/c1-19-23-17-31-29(34-27(23)37(22-5-3-4-6-22)28(39)26(19)20(2)38)33-25-8-7-21-9-12-36(18-24(21)32-25)16-15-35-13-10-30-11-14-35/h7-8,17,22,30H,3-6,9-16,18H2,1-2H3,(H,31,32,33,34). The summed E-state index contributed by atoms with van der Waals surface area (Å²) in [5.41, 5.74) is 3.63. The molecule has 0 amide bonds. The van der Waals surface area contributed by atoms with Gasteiger partial charge in [-0.05, 0) is 50.3 Å². The van der Waals surface area contributed by atoms with Crippen LogP contribution >= 0.6 is 0 Å². The van der Waals surface area contributed by atoms with Crippen molar-refractivity contribution in [3.8, 4) is 0 Å². The number of carbonyl (C=O) groups is 1. The van der Waals surface area contributed by atoms with Crippen LogP contribution in [0.15, 0.2) is 23.1 Å². The highest BCUT2D eigenvalue weighted by molar-refractivity contribution is 5.99. The number of pyridine rings is 2. The third kappa shape index (κ3) is 5.33. The van der Waals surface area contributed by atoms with Gasteiger partial charge < -0.3 is 10.6 Å². The molecule has 0 unspecified atom stereocenters. The van der Waals surface area contributed by atoms with Crippen molar-refractivity contribution in [3.63, 3.8) is 0 Å². The van der Waals surface area contributed by atoms with Crippen molar-refractivity contribution >= 4 is 28.6 Å². The number of anilines is 2. The molecule has 0 spiro atoms. The number of nitrogens with one attached hydrogen (secondary N) is 2. The van der Waals surface area contributed by atoms with Gasteiger partial charge in [0, 0.05) is 70.0 Å². The lowest BCUT2D eigenvalue weighted by molar-refractivity contribution is 0.101. The zero-order valence-corrected chi connectivity index (χ0v) is 23.0. The van der Waals surface area contributed by atoms with E-state index in [0.29, 0.717) is 23.0 Å². The summed E-state index contributed by atoms with van der Waals surface area (Å²) in [6, 6.07) is 4.18. The van der Waals surface area contributed by atoms with E-state index in [9.17, 15) is 9.59 Å². The molecule has 2 fully saturated rings. The molecule has 10 nitrogen and oxygen atoms in total. The maximum Gasteiger partial charge on any atom is 0.263 e. The summed E-state index contributed by atoms with van der Waals surface area (Å²) in [5.74, 6) is 0.889. The second kappa shape index (κ2) is 11.1. The number of carbonyl (C=O) groups excluding carboxylic acids is 1. The first kappa shape index (κ1) is 26.0. The lowest BCUT2D eigenvalue weighted by atomic mass is 10.0. The monoisotopic (exact) mass is 530 g/mol. The molecule has 5 heterocycles. The number of ketones is 1. The van der Waals surface area contributed by atoms with E-state index in [1.165, 1.54) is 12.5 Å². The lowest BCUT2D eigenvalue weighted by Gasteiger charge is -2.32. The predicted molar refractivity (Wildman–Crippen MR) is 152 cm³/mol. The van der Waals surface area contributed by atoms with Crippen molar-refractivity contribution in [1.82, 2.24) is 34.6 Å². The van der Waals surface area contributed by atoms with Gasteiger partial charge in [0.25, 0.3) is 5.56 Å². The highest BCUT2D eigenvalue weighted by Gasteiger charge is 2.26. The largest absolute Gasteiger partial charge is 0.314 e. The molecule has 1 saturated heterocycles. The number of aromatic nitrogens is 4. The number of fused-ring (bicyclic) bond motifs is 2. The zero-order valence-electron chi connectivity index (χ0n) is 23.0. The SMILES string of the molecule is CC(=O)c1c(C)c2cnc(Nc3ccc4c(n3)CN(CCN3CCNCC3)CC4)nc2n(C2CCCC2)c1=O. The second-order valence-electron chi connectivity index (χ2n) is 11.1. The van der Waals surface area contributed by atoms with Crippen LogP contribution in [0.1, 0.15) is 65.8 Å². The minimum absolute atomic E-state index is 0.0514. The molecular weight excluding hydrogens is 492 g/mol. The number of aryl methyl sites for hydroxylation is 1. The molecule has 0 radical (unpaired) electrons. The van der Waals surface area contributed by atoms with Gasteiger partial charge in [-0.3, -0.25) is 24.0 Å². The molecule has 1 saturated carbocycles. The molecule has 1 aliphatic carbocycles. The van der Waals surface area contributed by atoms with Crippen molar-refractivity contribution < 1.29 is 4.79 Å². The van der Waals surface area contributed by atoms with Gasteiger partial charge in [-0.15, -0.1) is 0 Å². The fourth-order valence-corrected chi connectivity index (χ4v) is 6.37. The molecule has 3 aromatic rings. The number of nitrogens with zero attached hydrogens (tertiary/aromatic N) is 6. The van der Waals surface area contributed by atoms with E-state index >= 15 is 0 Å². The summed E-state index contributed by atoms with van der Waals surface area (Å²) in [6.07, 6.45) is 6.71. The Hall–Kier alpha value is -3.21. The van der Waals surface area contributed by atoms with E-state index in [-0.39, 0.29) is 22.9 Å². The van der Waals surface area contributed by atoms with Crippen LogP contribution < -0.4 is 16.2 Å². The number of piperazine rings is 1. The van der Waals surface area contributed by atoms with Gasteiger partial charge >= 0.3 is 0 Å². The fourth-order valence-electron chi connectivity index (χ4n) is 6.37.